The van der Waals surface area contributed by atoms with Crippen LogP contribution < -0.4 is 108 Å². The Kier molecular flexibility index (Phi) is 51.6. The first-order chi connectivity index (χ1) is 69.3. The quantitative estimate of drug-likeness (QED) is 0.0111. The van der Waals surface area contributed by atoms with Crippen molar-refractivity contribution in [1.29, 1.82) is 5.41 Å². The monoisotopic (exact) mass is 2070 g/mol. The van der Waals surface area contributed by atoms with Gasteiger partial charge in [0.2, 0.25) is 106 Å². The normalized spacial score (nSPS) is 17.4. The fraction of sp³-hybridized carbons (Fsp3) is 0.581. The second-order valence-corrected chi connectivity index (χ2v) is 37.5. The highest BCUT2D eigenvalue weighted by molar-refractivity contribution is 7.98. The third-order valence-corrected chi connectivity index (χ3v) is 24.2. The predicted octanol–water partition coefficient (Wildman–Crippen LogP) is -6.52. The Bertz CT molecular complexity index is 5060. The standard InChI is InChI=1S/C93H141N27O25S/c1-52(2)39-66(89(142)111-61(81(95)134)28-38-146-6)113-91(144)68(43-58-45-98-51-104-58)110-75(126)47-103-92(145)80(53(3)4)117-82(135)54(5)105-88(141)69(42-57-41-56-15-9-10-16-60(56)106-57)115-87(140)65(24-26-71(94)122)107-73(124)19-8-7-12-29-99-72(123)27-25-64(109-76(127)48-118-32-34-119(49-78(130)131)36-37-120(35-33-118)50-79(132)133)83(136)100-30-13-11-17-63-86(139)114-67(40-55-20-22-59(121)23-21-55)90(143)116-70(44-77(128)129)84(137)102-46-74(125)108-62(85(138)112-63)18-14-31-101-93(96)97/h9-10,15-16,20-23,41,45,51-54,61-70,80,106,121H,7-8,11-14,17-19,24-40,42-44,46-50H2,1-6H3,(H2,94,122)(H2,95,134)(H,98,104)(H,99,123)(H,100,136)(H,102,137)(H,103,145)(H,105,141)(H,107,124)(H,108,125)(H,109,127)(H,110,126)(H,111,142)(H,112,138)(H,113,144)(H,114,139)(H,115,140)(H,116,143)(H,117,135)(H,128,129)(H,130,131)(H,132,133)(H4,96,97,101)/t54-,61+,62+,63+,64?,65-,66-,67-,68+,69+,70+,80+/m0/s1. The molecule has 52 nitrogen and oxygen atoms in total. The lowest BCUT2D eigenvalue weighted by Gasteiger charge is -2.26. The van der Waals surface area contributed by atoms with Crippen molar-refractivity contribution in [3.63, 3.8) is 0 Å². The molecular weight excluding hydrogens is 1930 g/mol. The SMILES string of the molecule is CSCC[C@@H](NC(=O)[C@H](CC(C)C)NC(=O)[C@@H](Cc1c[nH]cn1)NC(=O)CNC(=O)[C@H](NC(=O)[C@H](C)NC(=O)[C@@H](Cc1cc2ccccc2[nH]1)NC(=O)[C@H](CCC(N)=O)NC(=O)CCCCCNC(=O)CCC(NC(=O)CN1CCN(CC(=O)O)CCN(CC(=O)O)CC1)C(=O)NCCCC[C@H]1NC(=O)[C@@H](CCCNC(=N)N)NC(=O)CNC(=O)[C@@H](CC(=O)O)NC(=O)[C@H](Cc2ccc(O)cc2)NC1=O)C(C)C)C(N)=O. The van der Waals surface area contributed by atoms with Gasteiger partial charge in [0, 0.05) is 115 Å². The third kappa shape index (κ3) is 45.5. The van der Waals surface area contributed by atoms with E-state index in [9.17, 15) is 121 Å². The number of primary amides is 2. The summed E-state index contributed by atoms with van der Waals surface area (Å²) >= 11 is 1.44. The fourth-order valence-corrected chi connectivity index (χ4v) is 16.2. The lowest BCUT2D eigenvalue weighted by Crippen LogP contribution is -2.59. The number of phenols is 1. The molecule has 4 aromatic rings. The first-order valence-corrected chi connectivity index (χ1v) is 49.7. The minimum Gasteiger partial charge on any atom is -0.508 e. The fourth-order valence-electron chi connectivity index (χ4n) is 15.7. The number of nitrogens with two attached hydrogens (primary N) is 3. The number of aromatic nitrogens is 3. The molecule has 2 aliphatic heterocycles. The number of aliphatic carboxylic acids is 3. The maximum Gasteiger partial charge on any atom is 0.317 e. The summed E-state index contributed by atoms with van der Waals surface area (Å²) in [5.74, 6) is -19.8. The number of carbonyl (C=O) groups excluding carboxylic acids is 18. The highest BCUT2D eigenvalue weighted by Gasteiger charge is 2.38. The average molecular weight is 2070 g/mol. The van der Waals surface area contributed by atoms with Gasteiger partial charge in [0.25, 0.3) is 0 Å². The van der Waals surface area contributed by atoms with Crippen molar-refractivity contribution in [2.24, 2.45) is 29.0 Å². The van der Waals surface area contributed by atoms with Gasteiger partial charge in [-0.3, -0.25) is 121 Å². The van der Waals surface area contributed by atoms with Crippen LogP contribution in [0.25, 0.3) is 10.9 Å². The van der Waals surface area contributed by atoms with E-state index in [0.29, 0.717) is 34.6 Å². The Balaban J connectivity index is 1.10. The third-order valence-electron chi connectivity index (χ3n) is 23.6. The van der Waals surface area contributed by atoms with Crippen molar-refractivity contribution in [2.75, 3.05) is 104 Å². The van der Waals surface area contributed by atoms with Crippen LogP contribution in [0.15, 0.2) is 67.1 Å². The number of thioether (sulfide) groups is 1. The molecule has 0 spiro atoms. The number of carboxylic acid groups (broad SMARTS) is 3. The van der Waals surface area contributed by atoms with Crippen molar-refractivity contribution >= 4 is 153 Å². The van der Waals surface area contributed by atoms with E-state index in [-0.39, 0.29) is 193 Å². The molecule has 1 unspecified atom stereocenters. The second kappa shape index (κ2) is 62.8. The van der Waals surface area contributed by atoms with Crippen LogP contribution in [0.3, 0.4) is 0 Å². The molecule has 2 fully saturated rings. The van der Waals surface area contributed by atoms with Gasteiger partial charge in [0.15, 0.2) is 5.96 Å². The van der Waals surface area contributed by atoms with Crippen LogP contribution in [0.1, 0.15) is 154 Å². The molecule has 53 heteroatoms. The first kappa shape index (κ1) is 120. The maximum atomic E-state index is 14.6. The zero-order chi connectivity index (χ0) is 108. The van der Waals surface area contributed by atoms with Gasteiger partial charge in [-0.2, -0.15) is 11.8 Å². The molecule has 146 heavy (non-hydrogen) atoms. The number of carbonyl (C=O) groups is 21. The number of hydrogen-bond donors (Lipinski definition) is 27. The molecule has 12 atom stereocenters. The lowest BCUT2D eigenvalue weighted by atomic mass is 10.0. The number of unbranched alkanes of at least 4 members (excludes halogenated alkanes) is 3. The summed E-state index contributed by atoms with van der Waals surface area (Å²) < 4.78 is 0. The van der Waals surface area contributed by atoms with Crippen molar-refractivity contribution < 1.29 is 121 Å². The number of benzene rings is 2. The number of aromatic hydroxyl groups is 1. The number of nitrogens with one attached hydrogen (secondary N) is 20. The second-order valence-electron chi connectivity index (χ2n) is 36.5. The van der Waals surface area contributed by atoms with Gasteiger partial charge in [0.1, 0.15) is 78.3 Å². The summed E-state index contributed by atoms with van der Waals surface area (Å²) in [7, 11) is 0. The molecule has 6 rings (SSSR count). The van der Waals surface area contributed by atoms with Gasteiger partial charge in [0.05, 0.1) is 51.2 Å². The van der Waals surface area contributed by atoms with Crippen LogP contribution in [-0.4, -0.2) is 356 Å². The smallest absolute Gasteiger partial charge is 0.317 e. The molecule has 2 saturated heterocycles. The number of carboxylic acids is 3. The number of imidazole rings is 1. The summed E-state index contributed by atoms with van der Waals surface area (Å²) in [4.78, 5) is 299. The number of para-hydroxylation sites is 1. The van der Waals surface area contributed by atoms with E-state index in [1.165, 1.54) is 55.5 Å². The van der Waals surface area contributed by atoms with Crippen LogP contribution in [0.4, 0.5) is 0 Å². The maximum absolute atomic E-state index is 14.6. The predicted molar refractivity (Wildman–Crippen MR) is 529 cm³/mol. The molecule has 804 valence electrons. The van der Waals surface area contributed by atoms with Crippen molar-refractivity contribution in [1.82, 2.24) is 120 Å². The van der Waals surface area contributed by atoms with E-state index in [1.807, 2.05) is 20.1 Å². The first-order valence-electron chi connectivity index (χ1n) is 48.3. The van der Waals surface area contributed by atoms with E-state index < -0.39 is 235 Å². The highest BCUT2D eigenvalue weighted by atomic mass is 32.2. The Morgan fingerprint density at radius 2 is 1.05 bits per heavy atom. The van der Waals surface area contributed by atoms with E-state index in [2.05, 4.69) is 105 Å². The molecule has 2 aromatic heterocycles. The molecule has 30 N–H and O–H groups in total. The number of rotatable bonds is 59. The minimum atomic E-state index is -1.79. The summed E-state index contributed by atoms with van der Waals surface area (Å²) in [5.41, 5.74) is 18.4. The van der Waals surface area contributed by atoms with Gasteiger partial charge >= 0.3 is 17.9 Å². The zero-order valence-electron chi connectivity index (χ0n) is 82.8. The molecule has 2 aliphatic rings. The number of H-pyrrole nitrogens is 2. The van der Waals surface area contributed by atoms with Crippen LogP contribution >= 0.6 is 11.8 Å². The molecule has 0 bridgehead atoms. The molecular formula is C93H141N27O25S. The van der Waals surface area contributed by atoms with Gasteiger partial charge in [-0.25, -0.2) is 4.98 Å². The largest absolute Gasteiger partial charge is 0.508 e. The van der Waals surface area contributed by atoms with E-state index in [0.717, 1.165) is 5.39 Å². The Hall–Kier alpha value is -14.6. The van der Waals surface area contributed by atoms with Crippen molar-refractivity contribution in [2.45, 2.75) is 229 Å². The lowest BCUT2D eigenvalue weighted by molar-refractivity contribution is -0.141. The van der Waals surface area contributed by atoms with Gasteiger partial charge in [-0.1, -0.05) is 64.4 Å². The molecule has 18 amide bonds. The van der Waals surface area contributed by atoms with Crippen LogP contribution in [-0.2, 0) is 120 Å². The molecule has 0 radical (unpaired) electrons. The summed E-state index contributed by atoms with van der Waals surface area (Å²) in [6.45, 7) is 6.35. The van der Waals surface area contributed by atoms with Crippen molar-refractivity contribution in [3.8, 4) is 5.75 Å². The highest BCUT2D eigenvalue weighted by Crippen LogP contribution is 2.20. The number of fused-ring (bicyclic) bond motifs is 1. The molecule has 0 aliphatic carbocycles. The number of aromatic amines is 2. The zero-order valence-corrected chi connectivity index (χ0v) is 83.6. The Morgan fingerprint density at radius 3 is 1.66 bits per heavy atom. The van der Waals surface area contributed by atoms with Gasteiger partial charge in [-0.05, 0) is 137 Å². The topological polar surface area (TPSA) is 800 Å². The van der Waals surface area contributed by atoms with Gasteiger partial charge in [-0.15, -0.1) is 0 Å². The Labute approximate surface area is 847 Å². The number of amides is 18. The number of phenolic OH excluding ortho intramolecular Hbond substituents is 1. The number of guanidine groups is 1. The van der Waals surface area contributed by atoms with Crippen LogP contribution in [0.5, 0.6) is 5.75 Å². The minimum absolute atomic E-state index is 0.0185. The Morgan fingerprint density at radius 1 is 0.500 bits per heavy atom. The molecule has 0 saturated carbocycles. The van der Waals surface area contributed by atoms with Crippen LogP contribution in [0, 0.1) is 17.2 Å². The molecule has 4 heterocycles. The van der Waals surface area contributed by atoms with E-state index in [1.54, 1.807) is 58.9 Å². The number of nitrogens with zero attached hydrogens (tertiary/aromatic N) is 4. The summed E-state index contributed by atoms with van der Waals surface area (Å²) in [6.07, 6.45) is 2.34. The number of hydrogen-bond acceptors (Lipinski definition) is 28. The van der Waals surface area contributed by atoms with E-state index in [4.69, 9.17) is 22.6 Å². The van der Waals surface area contributed by atoms with Crippen LogP contribution in [0.2, 0.25) is 0 Å². The summed E-state index contributed by atoms with van der Waals surface area (Å²) in [5, 5.41) is 91.3. The summed E-state index contributed by atoms with van der Waals surface area (Å²) in [6, 6.07) is -2.67. The average Bonchev–Trinajstić information content (AvgIpc) is 1.68. The molecule has 2 aromatic carbocycles. The van der Waals surface area contributed by atoms with E-state index >= 15 is 0 Å². The van der Waals surface area contributed by atoms with Gasteiger partial charge < -0.3 is 138 Å². The van der Waals surface area contributed by atoms with Crippen molar-refractivity contribution in [3.05, 3.63) is 84.1 Å².